The molecular formula is C18H20F3N3O2. The van der Waals surface area contributed by atoms with Gasteiger partial charge in [-0.15, -0.1) is 0 Å². The number of piperazine rings is 1. The van der Waals surface area contributed by atoms with E-state index in [4.69, 9.17) is 4.42 Å². The van der Waals surface area contributed by atoms with E-state index in [9.17, 15) is 18.0 Å². The average Bonchev–Trinajstić information content (AvgIpc) is 3.14. The van der Waals surface area contributed by atoms with Gasteiger partial charge in [-0.1, -0.05) is 6.07 Å². The lowest BCUT2D eigenvalue weighted by atomic mass is 10.1. The van der Waals surface area contributed by atoms with Crippen LogP contribution < -0.4 is 10.2 Å². The molecule has 8 heteroatoms. The molecular weight excluding hydrogens is 347 g/mol. The van der Waals surface area contributed by atoms with Crippen LogP contribution in [-0.2, 0) is 17.5 Å². The van der Waals surface area contributed by atoms with Crippen LogP contribution in [0.1, 0.15) is 11.3 Å². The first kappa shape index (κ1) is 18.3. The number of rotatable bonds is 5. The predicted molar refractivity (Wildman–Crippen MR) is 90.7 cm³/mol. The van der Waals surface area contributed by atoms with Crippen molar-refractivity contribution in [3.8, 4) is 0 Å². The van der Waals surface area contributed by atoms with Gasteiger partial charge in [-0.25, -0.2) is 0 Å². The number of carbonyl (C=O) groups is 1. The lowest BCUT2D eigenvalue weighted by molar-refractivity contribution is -0.137. The molecule has 0 aliphatic carbocycles. The van der Waals surface area contributed by atoms with Crippen molar-refractivity contribution < 1.29 is 22.4 Å². The number of alkyl halides is 3. The molecule has 2 heterocycles. The summed E-state index contributed by atoms with van der Waals surface area (Å²) in [6.45, 7) is 2.99. The Morgan fingerprint density at radius 2 is 1.88 bits per heavy atom. The molecule has 1 aliphatic heterocycles. The number of benzene rings is 1. The summed E-state index contributed by atoms with van der Waals surface area (Å²) >= 11 is 0. The highest BCUT2D eigenvalue weighted by Gasteiger charge is 2.31. The van der Waals surface area contributed by atoms with Crippen molar-refractivity contribution in [2.75, 3.05) is 37.6 Å². The molecule has 0 unspecified atom stereocenters. The zero-order valence-electron chi connectivity index (χ0n) is 14.1. The van der Waals surface area contributed by atoms with Gasteiger partial charge in [-0.2, -0.15) is 13.2 Å². The third-order valence-corrected chi connectivity index (χ3v) is 4.32. The highest BCUT2D eigenvalue weighted by molar-refractivity contribution is 5.78. The lowest BCUT2D eigenvalue weighted by Gasteiger charge is -2.36. The molecule has 1 aliphatic rings. The van der Waals surface area contributed by atoms with E-state index in [-0.39, 0.29) is 12.5 Å². The summed E-state index contributed by atoms with van der Waals surface area (Å²) in [4.78, 5) is 15.9. The molecule has 1 saturated heterocycles. The van der Waals surface area contributed by atoms with Gasteiger partial charge in [0.2, 0.25) is 5.91 Å². The van der Waals surface area contributed by atoms with E-state index in [1.165, 1.54) is 12.1 Å². The number of amides is 1. The summed E-state index contributed by atoms with van der Waals surface area (Å²) in [5.74, 6) is 0.585. The SMILES string of the molecule is O=C(CN1CCN(c2cccc(C(F)(F)F)c2)CC1)NCc1ccco1. The molecule has 26 heavy (non-hydrogen) atoms. The first-order chi connectivity index (χ1) is 12.4. The Balaban J connectivity index is 1.47. The van der Waals surface area contributed by atoms with Crippen LogP contribution in [0.5, 0.6) is 0 Å². The summed E-state index contributed by atoms with van der Waals surface area (Å²) in [6, 6.07) is 8.89. The molecule has 0 saturated carbocycles. The Morgan fingerprint density at radius 1 is 1.12 bits per heavy atom. The van der Waals surface area contributed by atoms with Crippen molar-refractivity contribution in [2.45, 2.75) is 12.7 Å². The van der Waals surface area contributed by atoms with Gasteiger partial charge in [0, 0.05) is 31.9 Å². The van der Waals surface area contributed by atoms with E-state index in [1.54, 1.807) is 24.5 Å². The molecule has 0 spiro atoms. The number of hydrogen-bond acceptors (Lipinski definition) is 4. The number of nitrogens with one attached hydrogen (secondary N) is 1. The number of anilines is 1. The third kappa shape index (κ3) is 4.78. The fourth-order valence-corrected chi connectivity index (χ4v) is 2.90. The number of halogens is 3. The highest BCUT2D eigenvalue weighted by atomic mass is 19.4. The van der Waals surface area contributed by atoms with Gasteiger partial charge in [-0.05, 0) is 30.3 Å². The molecule has 0 bridgehead atoms. The van der Waals surface area contributed by atoms with Crippen LogP contribution in [0.3, 0.4) is 0 Å². The fraction of sp³-hybridized carbons (Fsp3) is 0.389. The molecule has 0 radical (unpaired) electrons. The Kier molecular flexibility index (Phi) is 5.51. The van der Waals surface area contributed by atoms with Gasteiger partial charge in [0.05, 0.1) is 24.9 Å². The summed E-state index contributed by atoms with van der Waals surface area (Å²) in [5.41, 5.74) is -0.0866. The van der Waals surface area contributed by atoms with Gasteiger partial charge >= 0.3 is 6.18 Å². The second-order valence-corrected chi connectivity index (χ2v) is 6.17. The number of hydrogen-bond donors (Lipinski definition) is 1. The molecule has 1 aromatic heterocycles. The third-order valence-electron chi connectivity index (χ3n) is 4.32. The maximum atomic E-state index is 12.8. The summed E-state index contributed by atoms with van der Waals surface area (Å²) < 4.78 is 43.7. The van der Waals surface area contributed by atoms with Gasteiger partial charge < -0.3 is 14.6 Å². The first-order valence-electron chi connectivity index (χ1n) is 8.35. The smallest absolute Gasteiger partial charge is 0.416 e. The standard InChI is InChI=1S/C18H20F3N3O2/c19-18(20,21)14-3-1-4-15(11-14)24-8-6-23(7-9-24)13-17(25)22-12-16-5-2-10-26-16/h1-5,10-11H,6-9,12-13H2,(H,22,25). The molecule has 5 nitrogen and oxygen atoms in total. The topological polar surface area (TPSA) is 48.7 Å². The van der Waals surface area contributed by atoms with Crippen molar-refractivity contribution in [1.29, 1.82) is 0 Å². The molecule has 140 valence electrons. The zero-order chi connectivity index (χ0) is 18.6. The van der Waals surface area contributed by atoms with Gasteiger partial charge in [0.1, 0.15) is 5.76 Å². The van der Waals surface area contributed by atoms with Crippen LogP contribution in [-0.4, -0.2) is 43.5 Å². The van der Waals surface area contributed by atoms with Crippen molar-refractivity contribution in [1.82, 2.24) is 10.2 Å². The second kappa shape index (κ2) is 7.82. The molecule has 1 N–H and O–H groups in total. The van der Waals surface area contributed by atoms with Crippen molar-refractivity contribution in [3.63, 3.8) is 0 Å². The fourth-order valence-electron chi connectivity index (χ4n) is 2.90. The van der Waals surface area contributed by atoms with E-state index in [2.05, 4.69) is 5.32 Å². The minimum atomic E-state index is -4.34. The van der Waals surface area contributed by atoms with Gasteiger partial charge in [0.15, 0.2) is 0 Å². The van der Waals surface area contributed by atoms with Crippen molar-refractivity contribution >= 4 is 11.6 Å². The zero-order valence-corrected chi connectivity index (χ0v) is 14.1. The molecule has 1 fully saturated rings. The van der Waals surface area contributed by atoms with E-state index in [1.807, 2.05) is 9.80 Å². The van der Waals surface area contributed by atoms with Crippen LogP contribution in [0.4, 0.5) is 18.9 Å². The minimum Gasteiger partial charge on any atom is -0.467 e. The molecule has 0 atom stereocenters. The van der Waals surface area contributed by atoms with Crippen LogP contribution in [0, 0.1) is 0 Å². The number of furan rings is 1. The predicted octanol–water partition coefficient (Wildman–Crippen LogP) is 2.74. The number of carbonyl (C=O) groups excluding carboxylic acids is 1. The van der Waals surface area contributed by atoms with Crippen LogP contribution >= 0.6 is 0 Å². The Bertz CT molecular complexity index is 724. The van der Waals surface area contributed by atoms with E-state index >= 15 is 0 Å². The first-order valence-corrected chi connectivity index (χ1v) is 8.35. The maximum Gasteiger partial charge on any atom is 0.416 e. The molecule has 1 aromatic carbocycles. The van der Waals surface area contributed by atoms with Crippen molar-refractivity contribution in [2.24, 2.45) is 0 Å². The Hall–Kier alpha value is -2.48. The highest BCUT2D eigenvalue weighted by Crippen LogP contribution is 2.31. The van der Waals surface area contributed by atoms with E-state index in [0.29, 0.717) is 44.2 Å². The van der Waals surface area contributed by atoms with Gasteiger partial charge in [-0.3, -0.25) is 9.69 Å². The van der Waals surface area contributed by atoms with Crippen molar-refractivity contribution in [3.05, 3.63) is 54.0 Å². The largest absolute Gasteiger partial charge is 0.467 e. The maximum absolute atomic E-state index is 12.8. The van der Waals surface area contributed by atoms with Crippen LogP contribution in [0.15, 0.2) is 47.1 Å². The molecule has 2 aromatic rings. The van der Waals surface area contributed by atoms with Crippen LogP contribution in [0.25, 0.3) is 0 Å². The number of nitrogens with zero attached hydrogens (tertiary/aromatic N) is 2. The molecule has 3 rings (SSSR count). The monoisotopic (exact) mass is 367 g/mol. The minimum absolute atomic E-state index is 0.103. The second-order valence-electron chi connectivity index (χ2n) is 6.17. The Labute approximate surface area is 149 Å². The molecule has 1 amide bonds. The lowest BCUT2D eigenvalue weighted by Crippen LogP contribution is -2.49. The van der Waals surface area contributed by atoms with E-state index in [0.717, 1.165) is 6.07 Å². The summed E-state index contributed by atoms with van der Waals surface area (Å²) in [7, 11) is 0. The van der Waals surface area contributed by atoms with E-state index < -0.39 is 11.7 Å². The van der Waals surface area contributed by atoms with Crippen LogP contribution in [0.2, 0.25) is 0 Å². The summed E-state index contributed by atoms with van der Waals surface area (Å²) in [6.07, 6.45) is -2.79. The normalized spacial score (nSPS) is 15.9. The quantitative estimate of drug-likeness (QED) is 0.883. The van der Waals surface area contributed by atoms with Gasteiger partial charge in [0.25, 0.3) is 0 Å². The average molecular weight is 367 g/mol. The summed E-state index contributed by atoms with van der Waals surface area (Å²) in [5, 5.41) is 2.79. The Morgan fingerprint density at radius 3 is 2.54 bits per heavy atom.